The minimum Gasteiger partial charge on any atom is -0.368 e. The number of nitrogens with one attached hydrogen (secondary N) is 2. The van der Waals surface area contributed by atoms with E-state index in [4.69, 9.17) is 16.8 Å². The molecule has 0 aliphatic heterocycles. The molecule has 0 radical (unpaired) electrons. The molecule has 0 atom stereocenters. The van der Waals surface area contributed by atoms with Crippen LogP contribution in [0.5, 0.6) is 0 Å². The maximum Gasteiger partial charge on any atom is 0.267 e. The van der Waals surface area contributed by atoms with E-state index in [1.807, 2.05) is 19.0 Å². The number of hydroxylamine groups is 1. The standard InChI is InChI=1S/C12H17ClN4O2.2ClH/c1-17(2)6-5-14-12-10(13)7-9(8-15-12)3-4-11(18)16-19;;/h3-4,7-8,19H,5-6H2,1-2H3,(H,14,15)(H,16,18);2*1H/b4-3+;;. The van der Waals surface area contributed by atoms with Crippen LogP contribution in [0.25, 0.3) is 6.08 Å². The van der Waals surface area contributed by atoms with Gasteiger partial charge in [-0.3, -0.25) is 10.0 Å². The predicted octanol–water partition coefficient (Wildman–Crippen LogP) is 2.07. The smallest absolute Gasteiger partial charge is 0.267 e. The third kappa shape index (κ3) is 8.75. The first-order chi connectivity index (χ1) is 9.02. The van der Waals surface area contributed by atoms with E-state index in [9.17, 15) is 4.79 Å². The number of anilines is 1. The summed E-state index contributed by atoms with van der Waals surface area (Å²) in [5.74, 6) is -0.00316. The Labute approximate surface area is 141 Å². The van der Waals surface area contributed by atoms with Crippen molar-refractivity contribution in [2.24, 2.45) is 0 Å². The molecule has 6 nitrogen and oxygen atoms in total. The average molecular weight is 358 g/mol. The monoisotopic (exact) mass is 356 g/mol. The molecule has 0 unspecified atom stereocenters. The third-order valence-electron chi connectivity index (χ3n) is 2.25. The van der Waals surface area contributed by atoms with E-state index >= 15 is 0 Å². The first-order valence-corrected chi connectivity index (χ1v) is 6.07. The molecule has 0 aliphatic rings. The van der Waals surface area contributed by atoms with Crippen molar-refractivity contribution in [1.29, 1.82) is 0 Å². The third-order valence-corrected chi connectivity index (χ3v) is 2.54. The second-order valence-corrected chi connectivity index (χ2v) is 4.55. The number of hydrogen-bond donors (Lipinski definition) is 3. The van der Waals surface area contributed by atoms with E-state index < -0.39 is 5.91 Å². The van der Waals surface area contributed by atoms with Crippen LogP contribution >= 0.6 is 36.4 Å². The summed E-state index contributed by atoms with van der Waals surface area (Å²) in [5, 5.41) is 11.9. The highest BCUT2D eigenvalue weighted by Crippen LogP contribution is 2.20. The van der Waals surface area contributed by atoms with Gasteiger partial charge in [0, 0.05) is 25.4 Å². The molecule has 0 bridgehead atoms. The molecule has 0 aromatic carbocycles. The maximum absolute atomic E-state index is 10.8. The Balaban J connectivity index is 0. The lowest BCUT2D eigenvalue weighted by atomic mass is 10.2. The second-order valence-electron chi connectivity index (χ2n) is 4.14. The van der Waals surface area contributed by atoms with Gasteiger partial charge in [0.25, 0.3) is 5.91 Å². The van der Waals surface area contributed by atoms with Gasteiger partial charge in [0.2, 0.25) is 0 Å². The highest BCUT2D eigenvalue weighted by Gasteiger charge is 2.02. The number of likely N-dealkylation sites (N-methyl/N-ethyl adjacent to an activating group) is 1. The summed E-state index contributed by atoms with van der Waals surface area (Å²) < 4.78 is 0. The van der Waals surface area contributed by atoms with E-state index in [2.05, 4.69) is 10.3 Å². The number of amides is 1. The van der Waals surface area contributed by atoms with Crippen LogP contribution in [0.1, 0.15) is 5.56 Å². The van der Waals surface area contributed by atoms with Crippen molar-refractivity contribution in [3.63, 3.8) is 0 Å². The lowest BCUT2D eigenvalue weighted by Crippen LogP contribution is -2.21. The van der Waals surface area contributed by atoms with Gasteiger partial charge in [0.15, 0.2) is 0 Å². The molecular weight excluding hydrogens is 339 g/mol. The number of aromatic nitrogens is 1. The summed E-state index contributed by atoms with van der Waals surface area (Å²) in [4.78, 5) is 17.0. The molecule has 21 heavy (non-hydrogen) atoms. The zero-order valence-electron chi connectivity index (χ0n) is 11.7. The van der Waals surface area contributed by atoms with Crippen LogP contribution in [0.3, 0.4) is 0 Å². The Kier molecular flexibility index (Phi) is 12.3. The van der Waals surface area contributed by atoms with Crippen molar-refractivity contribution >= 4 is 54.2 Å². The number of nitrogens with zero attached hydrogens (tertiary/aromatic N) is 2. The van der Waals surface area contributed by atoms with E-state index in [0.29, 0.717) is 16.4 Å². The van der Waals surface area contributed by atoms with Gasteiger partial charge in [-0.2, -0.15) is 0 Å². The van der Waals surface area contributed by atoms with Crippen LogP contribution < -0.4 is 10.8 Å². The molecule has 1 rings (SSSR count). The van der Waals surface area contributed by atoms with Crippen LogP contribution in [0, 0.1) is 0 Å². The summed E-state index contributed by atoms with van der Waals surface area (Å²) in [6.07, 6.45) is 4.28. The lowest BCUT2D eigenvalue weighted by molar-refractivity contribution is -0.124. The fourth-order valence-electron chi connectivity index (χ4n) is 1.28. The topological polar surface area (TPSA) is 77.5 Å². The number of halogens is 3. The molecule has 0 saturated carbocycles. The second kappa shape index (κ2) is 11.6. The van der Waals surface area contributed by atoms with Crippen LogP contribution in [0.4, 0.5) is 5.82 Å². The van der Waals surface area contributed by atoms with Gasteiger partial charge >= 0.3 is 0 Å². The predicted molar refractivity (Wildman–Crippen MR) is 89.7 cm³/mol. The SMILES string of the molecule is CN(C)CCNc1ncc(/C=C/C(=O)NO)cc1Cl.Cl.Cl. The highest BCUT2D eigenvalue weighted by molar-refractivity contribution is 6.33. The number of rotatable bonds is 6. The van der Waals surface area contributed by atoms with Gasteiger partial charge < -0.3 is 10.2 Å². The molecule has 1 aromatic rings. The van der Waals surface area contributed by atoms with Crippen molar-refractivity contribution < 1.29 is 10.0 Å². The molecule has 0 aliphatic carbocycles. The van der Waals surface area contributed by atoms with Crippen molar-refractivity contribution in [3.8, 4) is 0 Å². The van der Waals surface area contributed by atoms with Crippen molar-refractivity contribution in [1.82, 2.24) is 15.4 Å². The fourth-order valence-corrected chi connectivity index (χ4v) is 1.52. The quantitative estimate of drug-likeness (QED) is 0.413. The number of carbonyl (C=O) groups excluding carboxylic acids is 1. The minimum absolute atomic E-state index is 0. The lowest BCUT2D eigenvalue weighted by Gasteiger charge is -2.11. The Hall–Kier alpha value is -1.05. The van der Waals surface area contributed by atoms with Gasteiger partial charge in [-0.25, -0.2) is 10.5 Å². The molecule has 0 spiro atoms. The number of carbonyl (C=O) groups is 1. The Bertz CT molecular complexity index is 470. The van der Waals surface area contributed by atoms with E-state index in [1.165, 1.54) is 17.6 Å². The first-order valence-electron chi connectivity index (χ1n) is 5.69. The number of pyridine rings is 1. The van der Waals surface area contributed by atoms with Crippen LogP contribution in [0.2, 0.25) is 5.02 Å². The summed E-state index contributed by atoms with van der Waals surface area (Å²) >= 11 is 6.07. The van der Waals surface area contributed by atoms with Gasteiger partial charge in [-0.1, -0.05) is 11.6 Å². The Morgan fingerprint density at radius 1 is 1.48 bits per heavy atom. The molecule has 1 aromatic heterocycles. The van der Waals surface area contributed by atoms with Gasteiger partial charge in [0.1, 0.15) is 5.82 Å². The molecule has 0 saturated heterocycles. The average Bonchev–Trinajstić information content (AvgIpc) is 2.37. The summed E-state index contributed by atoms with van der Waals surface area (Å²) in [6, 6.07) is 1.69. The number of hydrogen-bond acceptors (Lipinski definition) is 5. The zero-order chi connectivity index (χ0) is 14.3. The fraction of sp³-hybridized carbons (Fsp3) is 0.333. The Morgan fingerprint density at radius 2 is 2.14 bits per heavy atom. The first kappa shape index (κ1) is 22.2. The van der Waals surface area contributed by atoms with Crippen LogP contribution in [0.15, 0.2) is 18.3 Å². The van der Waals surface area contributed by atoms with Crippen LogP contribution in [-0.2, 0) is 4.79 Å². The zero-order valence-corrected chi connectivity index (χ0v) is 14.1. The van der Waals surface area contributed by atoms with E-state index in [1.54, 1.807) is 12.3 Å². The molecule has 1 heterocycles. The molecule has 1 amide bonds. The molecule has 0 fully saturated rings. The molecule has 3 N–H and O–H groups in total. The molecular formula is C12H19Cl3N4O2. The summed E-state index contributed by atoms with van der Waals surface area (Å²) in [7, 11) is 3.97. The van der Waals surface area contributed by atoms with Gasteiger partial charge in [0.05, 0.1) is 5.02 Å². The van der Waals surface area contributed by atoms with E-state index in [-0.39, 0.29) is 24.8 Å². The summed E-state index contributed by atoms with van der Waals surface area (Å²) in [6.45, 7) is 1.61. The highest BCUT2D eigenvalue weighted by atomic mass is 35.5. The van der Waals surface area contributed by atoms with Gasteiger partial charge in [-0.15, -0.1) is 24.8 Å². The largest absolute Gasteiger partial charge is 0.368 e. The summed E-state index contributed by atoms with van der Waals surface area (Å²) in [5.41, 5.74) is 2.18. The Morgan fingerprint density at radius 3 is 2.67 bits per heavy atom. The van der Waals surface area contributed by atoms with Crippen LogP contribution in [-0.4, -0.2) is 48.2 Å². The van der Waals surface area contributed by atoms with Crippen molar-refractivity contribution in [2.75, 3.05) is 32.5 Å². The maximum atomic E-state index is 10.8. The molecule has 9 heteroatoms. The normalized spacial score (nSPS) is 9.95. The molecule has 120 valence electrons. The van der Waals surface area contributed by atoms with Crippen molar-refractivity contribution in [2.45, 2.75) is 0 Å². The minimum atomic E-state index is -0.607. The van der Waals surface area contributed by atoms with Crippen molar-refractivity contribution in [3.05, 3.63) is 28.9 Å². The van der Waals surface area contributed by atoms with Gasteiger partial charge in [-0.05, 0) is 31.8 Å². The van der Waals surface area contributed by atoms with E-state index in [0.717, 1.165) is 13.1 Å².